The van der Waals surface area contributed by atoms with Gasteiger partial charge in [0, 0.05) is 0 Å². The molecule has 1 aromatic carbocycles. The van der Waals surface area contributed by atoms with E-state index in [-0.39, 0.29) is 0 Å². The Morgan fingerprint density at radius 2 is 0.640 bits per heavy atom. The summed E-state index contributed by atoms with van der Waals surface area (Å²) in [6.07, 6.45) is 48.8. The monoisotopic (exact) mass is 828 g/mol. The molecule has 7 rings (SSSR count). The molecule has 0 amide bonds. The number of benzene rings is 1. The third-order valence-corrected chi connectivity index (χ3v) is 21.1. The van der Waals surface area contributed by atoms with Gasteiger partial charge in [0.05, 0.1) is 0 Å². The Balaban J connectivity index is 0.000000206. The standard InChI is InChI=1S/2C18H33P.C8H7.CO.ClH.Ru/c2*1-4-10-16(11-5-1)19(17-12-6-2-7-13-17)18-14-8-3-9-15-18;1-2-8-6-4-3-5-7-8;1-2;;/h2*16-18H,1-15H2;1-7H;;1H;/q;;-1;;;+2/p-1. The molecule has 6 aliphatic carbocycles. The van der Waals surface area contributed by atoms with Crippen LogP contribution in [0, 0.1) is 13.2 Å². The molecule has 5 heteroatoms. The van der Waals surface area contributed by atoms with Crippen molar-refractivity contribution in [3.05, 3.63) is 49.1 Å². The molecule has 6 aliphatic rings. The van der Waals surface area contributed by atoms with E-state index in [0.717, 1.165) is 5.56 Å². The molecule has 6 fully saturated rings. The van der Waals surface area contributed by atoms with Crippen LogP contribution in [0.2, 0.25) is 0 Å². The van der Waals surface area contributed by atoms with E-state index >= 15 is 0 Å². The van der Waals surface area contributed by atoms with Crippen molar-refractivity contribution >= 4 is 31.6 Å². The zero-order valence-electron chi connectivity index (χ0n) is 31.8. The van der Waals surface area contributed by atoms with Gasteiger partial charge in [-0.2, -0.15) is 5.56 Å². The molecule has 0 bridgehead atoms. The van der Waals surface area contributed by atoms with E-state index in [2.05, 4.69) is 16.3 Å². The summed E-state index contributed by atoms with van der Waals surface area (Å²) in [5.74, 6) is 0. The average molecular weight is 829 g/mol. The van der Waals surface area contributed by atoms with Crippen LogP contribution in [0.25, 0.3) is 6.08 Å². The number of hydrogen-bond donors (Lipinski definition) is 0. The second-order valence-electron chi connectivity index (χ2n) is 16.2. The van der Waals surface area contributed by atoms with Gasteiger partial charge in [-0.1, -0.05) is 150 Å². The van der Waals surface area contributed by atoms with Crippen molar-refractivity contribution in [2.45, 2.75) is 227 Å². The minimum atomic E-state index is 0.385. The third-order valence-electron chi connectivity index (χ3n) is 13.0. The third kappa shape index (κ3) is 16.1. The first kappa shape index (κ1) is 44.9. The Morgan fingerprint density at radius 1 is 0.440 bits per heavy atom. The summed E-state index contributed by atoms with van der Waals surface area (Å²) in [5.41, 5.74) is 8.20. The first-order valence-corrected chi connectivity index (χ1v) is 26.7. The SMILES string of the molecule is C1CCC(P(C2CCCCC2)C2CCCCC2)CC1.C1CCC(P(C2CCCCC2)C2CCCCC2)CC1.[C-]#[O+].[CH-]=Cc1ccccc1.[Cl][Ru+]. The first-order chi connectivity index (χ1) is 24.8. The van der Waals surface area contributed by atoms with Gasteiger partial charge in [0.25, 0.3) is 0 Å². The fourth-order valence-electron chi connectivity index (χ4n) is 10.6. The van der Waals surface area contributed by atoms with E-state index in [9.17, 15) is 0 Å². The molecule has 0 heterocycles. The van der Waals surface area contributed by atoms with Gasteiger partial charge >= 0.3 is 38.3 Å². The fourth-order valence-corrected chi connectivity index (χ4v) is 20.0. The Morgan fingerprint density at radius 3 is 0.800 bits per heavy atom. The van der Waals surface area contributed by atoms with E-state index in [1.165, 1.54) is 72.5 Å². The molecule has 0 saturated heterocycles. The van der Waals surface area contributed by atoms with Crippen LogP contribution < -0.4 is 0 Å². The Bertz CT molecular complexity index is 814. The van der Waals surface area contributed by atoms with E-state index in [1.807, 2.05) is 47.6 Å². The van der Waals surface area contributed by atoms with Crippen molar-refractivity contribution < 1.29 is 22.0 Å². The predicted octanol–water partition coefficient (Wildman–Crippen LogP) is 15.7. The van der Waals surface area contributed by atoms with Crippen molar-refractivity contribution in [3.63, 3.8) is 0 Å². The van der Waals surface area contributed by atoms with Crippen LogP contribution in [0.15, 0.2) is 30.3 Å². The number of hydrogen-bond acceptors (Lipinski definition) is 0. The van der Waals surface area contributed by atoms with Crippen LogP contribution in [0.1, 0.15) is 198 Å². The molecule has 0 N–H and O–H groups in total. The van der Waals surface area contributed by atoms with Crippen LogP contribution in [0.3, 0.4) is 0 Å². The average Bonchev–Trinajstić information content (AvgIpc) is 3.23. The summed E-state index contributed by atoms with van der Waals surface area (Å²) >= 11 is 1.82. The van der Waals surface area contributed by atoms with Crippen molar-refractivity contribution in [1.82, 2.24) is 0 Å². The minimum absolute atomic E-state index is 0.385. The number of rotatable bonds is 7. The van der Waals surface area contributed by atoms with Gasteiger partial charge in [0.2, 0.25) is 0 Å². The molecular formula is C45H73ClOP2Ru. The van der Waals surface area contributed by atoms with Crippen molar-refractivity contribution in [2.24, 2.45) is 0 Å². The zero-order valence-corrected chi connectivity index (χ0v) is 36.0. The van der Waals surface area contributed by atoms with E-state index in [4.69, 9.17) is 11.2 Å². The van der Waals surface area contributed by atoms with Gasteiger partial charge in [-0.05, 0) is 111 Å². The van der Waals surface area contributed by atoms with Crippen molar-refractivity contribution in [3.8, 4) is 0 Å². The second kappa shape index (κ2) is 28.9. The maximum atomic E-state index is 7.50. The molecule has 0 aliphatic heterocycles. The van der Waals surface area contributed by atoms with Crippen LogP contribution in [0.5, 0.6) is 0 Å². The van der Waals surface area contributed by atoms with Gasteiger partial charge in [-0.3, -0.25) is 6.58 Å². The van der Waals surface area contributed by atoms with Crippen LogP contribution in [0.4, 0.5) is 0 Å². The summed E-state index contributed by atoms with van der Waals surface area (Å²) in [6.45, 7) is 9.72. The quantitative estimate of drug-likeness (QED) is 0.113. The first-order valence-electron chi connectivity index (χ1n) is 21.3. The van der Waals surface area contributed by atoms with Crippen molar-refractivity contribution in [2.75, 3.05) is 0 Å². The van der Waals surface area contributed by atoms with Crippen LogP contribution in [-0.2, 0) is 22.0 Å². The van der Waals surface area contributed by atoms with Gasteiger partial charge < -0.3 is 0 Å². The summed E-state index contributed by atoms with van der Waals surface area (Å²) in [5, 5.41) is 0. The Labute approximate surface area is 327 Å². The second-order valence-corrected chi connectivity index (χ2v) is 22.4. The molecule has 0 spiro atoms. The fraction of sp³-hybridized carbons (Fsp3) is 0.800. The Kier molecular flexibility index (Phi) is 25.9. The van der Waals surface area contributed by atoms with Gasteiger partial charge in [-0.25, -0.2) is 6.08 Å². The predicted molar refractivity (Wildman–Crippen MR) is 220 cm³/mol. The Hall–Kier alpha value is 0.473. The molecule has 0 unspecified atom stereocenters. The molecule has 284 valence electrons. The van der Waals surface area contributed by atoms with Crippen molar-refractivity contribution in [1.29, 1.82) is 0 Å². The normalized spacial score (nSPS) is 23.5. The summed E-state index contributed by atoms with van der Waals surface area (Å²) < 4.78 is 7.50. The van der Waals surface area contributed by atoms with Gasteiger partial charge in [0.15, 0.2) is 0 Å². The summed E-state index contributed by atoms with van der Waals surface area (Å²) in [4.78, 5) is 0. The van der Waals surface area contributed by atoms with E-state index < -0.39 is 0 Å². The molecule has 6 saturated carbocycles. The molecular weight excluding hydrogens is 755 g/mol. The van der Waals surface area contributed by atoms with E-state index in [1.54, 1.807) is 160 Å². The van der Waals surface area contributed by atoms with E-state index in [0.29, 0.717) is 15.8 Å². The summed E-state index contributed by atoms with van der Waals surface area (Å²) in [6, 6.07) is 9.80. The molecule has 1 nitrogen and oxygen atoms in total. The molecule has 0 radical (unpaired) electrons. The molecule has 0 aromatic heterocycles. The molecule has 0 atom stereocenters. The number of halogens is 1. The van der Waals surface area contributed by atoms with Crippen LogP contribution >= 0.6 is 25.5 Å². The van der Waals surface area contributed by atoms with Crippen LogP contribution in [-0.4, -0.2) is 34.0 Å². The molecule has 1 aromatic rings. The maximum absolute atomic E-state index is 7.50. The van der Waals surface area contributed by atoms with Gasteiger partial charge in [-0.15, -0.1) is 12.1 Å². The molecule has 50 heavy (non-hydrogen) atoms. The zero-order chi connectivity index (χ0) is 35.7. The topological polar surface area (TPSA) is 19.9 Å². The summed E-state index contributed by atoms with van der Waals surface area (Å²) in [7, 11) is 5.34. The van der Waals surface area contributed by atoms with Gasteiger partial charge in [0.1, 0.15) is 0 Å².